The Morgan fingerprint density at radius 3 is 2.81 bits per heavy atom. The normalized spacial score (nSPS) is 9.81. The monoisotopic (exact) mass is 330 g/mol. The van der Waals surface area contributed by atoms with Crippen LogP contribution in [0.15, 0.2) is 24.4 Å². The van der Waals surface area contributed by atoms with Crippen molar-refractivity contribution in [3.05, 3.63) is 35.8 Å². The summed E-state index contributed by atoms with van der Waals surface area (Å²) in [5, 5.41) is 10.4. The van der Waals surface area contributed by atoms with Crippen molar-refractivity contribution in [3.63, 3.8) is 0 Å². The number of likely N-dealkylation sites (N-methyl/N-ethyl adjacent to an activating group) is 1. The molecule has 1 N–H and O–H groups in total. The second kappa shape index (κ2) is 8.68. The highest BCUT2D eigenvalue weighted by molar-refractivity contribution is 5.87. The molecule has 21 heavy (non-hydrogen) atoms. The van der Waals surface area contributed by atoms with E-state index < -0.39 is 11.6 Å². The molecule has 0 saturated heterocycles. The lowest BCUT2D eigenvalue weighted by molar-refractivity contribution is 0.380. The van der Waals surface area contributed by atoms with Gasteiger partial charge in [-0.15, -0.1) is 31.2 Å². The summed E-state index contributed by atoms with van der Waals surface area (Å²) in [6, 6.07) is 4.97. The van der Waals surface area contributed by atoms with Crippen molar-refractivity contribution in [2.45, 2.75) is 6.42 Å². The Kier molecular flexibility index (Phi) is 8.05. The molecule has 0 unspecified atom stereocenters. The van der Waals surface area contributed by atoms with Crippen LogP contribution in [0.2, 0.25) is 0 Å². The van der Waals surface area contributed by atoms with Crippen LogP contribution in [0.5, 0.6) is 5.75 Å². The zero-order valence-corrected chi connectivity index (χ0v) is 13.2. The molecular formula is C15H17Cl2FN2O. The van der Waals surface area contributed by atoms with Crippen LogP contribution in [-0.2, 0) is 6.42 Å². The summed E-state index contributed by atoms with van der Waals surface area (Å²) in [5.41, 5.74) is 1.12. The largest absolute Gasteiger partial charge is 0.503 e. The zero-order chi connectivity index (χ0) is 13.8. The average Bonchev–Trinajstić information content (AvgIpc) is 2.42. The Hall–Kier alpha value is -1.54. The SMILES string of the molecule is C#CCN(C)CCc1cc(F)c(O)c2ncccc12.Cl.Cl. The lowest BCUT2D eigenvalue weighted by atomic mass is 10.0. The van der Waals surface area contributed by atoms with E-state index in [1.54, 1.807) is 6.07 Å². The average molecular weight is 331 g/mol. The minimum atomic E-state index is -0.638. The summed E-state index contributed by atoms with van der Waals surface area (Å²) in [4.78, 5) is 6.01. The molecule has 1 heterocycles. The zero-order valence-electron chi connectivity index (χ0n) is 11.5. The number of terminal acetylenes is 1. The van der Waals surface area contributed by atoms with Crippen LogP contribution in [0.4, 0.5) is 4.39 Å². The van der Waals surface area contributed by atoms with Gasteiger partial charge in [0.25, 0.3) is 0 Å². The molecule has 0 aliphatic heterocycles. The highest BCUT2D eigenvalue weighted by Crippen LogP contribution is 2.29. The fraction of sp³-hybridized carbons (Fsp3) is 0.267. The molecule has 114 valence electrons. The van der Waals surface area contributed by atoms with Gasteiger partial charge in [0.15, 0.2) is 11.6 Å². The first-order valence-corrected chi connectivity index (χ1v) is 6.00. The van der Waals surface area contributed by atoms with Gasteiger partial charge in [0.05, 0.1) is 6.54 Å². The Morgan fingerprint density at radius 2 is 2.14 bits per heavy atom. The predicted octanol–water partition coefficient (Wildman–Crippen LogP) is 3.03. The van der Waals surface area contributed by atoms with E-state index in [-0.39, 0.29) is 24.8 Å². The van der Waals surface area contributed by atoms with Crippen LogP contribution in [0.25, 0.3) is 10.9 Å². The number of benzene rings is 1. The standard InChI is InChI=1S/C15H15FN2O.2ClH/c1-3-8-18(2)9-6-11-10-13(16)15(19)14-12(11)5-4-7-17-14;;/h1,4-5,7,10,19H,6,8-9H2,2H3;2*1H. The van der Waals surface area contributed by atoms with Crippen molar-refractivity contribution in [1.29, 1.82) is 0 Å². The molecule has 0 amide bonds. The highest BCUT2D eigenvalue weighted by Gasteiger charge is 2.12. The van der Waals surface area contributed by atoms with Crippen LogP contribution >= 0.6 is 24.8 Å². The maximum Gasteiger partial charge on any atom is 0.178 e. The molecule has 0 bridgehead atoms. The number of pyridine rings is 1. The van der Waals surface area contributed by atoms with E-state index in [9.17, 15) is 9.50 Å². The van der Waals surface area contributed by atoms with Gasteiger partial charge in [-0.1, -0.05) is 12.0 Å². The Balaban J connectivity index is 0.00000200. The number of rotatable bonds is 4. The Labute approximate surface area is 136 Å². The molecule has 0 saturated carbocycles. The molecule has 0 fully saturated rings. The summed E-state index contributed by atoms with van der Waals surface area (Å²) in [6.45, 7) is 1.27. The molecule has 0 atom stereocenters. The maximum atomic E-state index is 13.6. The van der Waals surface area contributed by atoms with Gasteiger partial charge in [0, 0.05) is 18.1 Å². The van der Waals surface area contributed by atoms with Gasteiger partial charge in [-0.3, -0.25) is 9.88 Å². The number of hydrogen-bond acceptors (Lipinski definition) is 3. The third-order valence-electron chi connectivity index (χ3n) is 3.03. The van der Waals surface area contributed by atoms with Gasteiger partial charge in [-0.05, 0) is 31.2 Å². The summed E-state index contributed by atoms with van der Waals surface area (Å²) in [7, 11) is 1.91. The topological polar surface area (TPSA) is 36.4 Å². The number of aromatic hydroxyl groups is 1. The lowest BCUT2D eigenvalue weighted by Crippen LogP contribution is -2.21. The van der Waals surface area contributed by atoms with Crippen molar-refractivity contribution in [3.8, 4) is 18.1 Å². The lowest BCUT2D eigenvalue weighted by Gasteiger charge is -2.14. The molecular weight excluding hydrogens is 314 g/mol. The fourth-order valence-electron chi connectivity index (χ4n) is 2.02. The maximum absolute atomic E-state index is 13.6. The second-order valence-electron chi connectivity index (χ2n) is 4.46. The number of phenolic OH excluding ortho intramolecular Hbond substituents is 1. The van der Waals surface area contributed by atoms with Crippen molar-refractivity contribution in [2.75, 3.05) is 20.1 Å². The Morgan fingerprint density at radius 1 is 1.43 bits per heavy atom. The van der Waals surface area contributed by atoms with Gasteiger partial charge in [0.1, 0.15) is 5.52 Å². The first-order chi connectivity index (χ1) is 9.13. The van der Waals surface area contributed by atoms with E-state index >= 15 is 0 Å². The third kappa shape index (κ3) is 4.47. The van der Waals surface area contributed by atoms with E-state index in [1.807, 2.05) is 18.0 Å². The van der Waals surface area contributed by atoms with Gasteiger partial charge >= 0.3 is 0 Å². The molecule has 2 rings (SSSR count). The number of fused-ring (bicyclic) bond motifs is 1. The van der Waals surface area contributed by atoms with Crippen molar-refractivity contribution in [1.82, 2.24) is 9.88 Å². The van der Waals surface area contributed by atoms with Crippen LogP contribution < -0.4 is 0 Å². The van der Waals surface area contributed by atoms with Gasteiger partial charge < -0.3 is 5.11 Å². The first-order valence-electron chi connectivity index (χ1n) is 6.00. The van der Waals surface area contributed by atoms with E-state index in [1.165, 1.54) is 12.3 Å². The van der Waals surface area contributed by atoms with Crippen molar-refractivity contribution < 1.29 is 9.50 Å². The number of aromatic nitrogens is 1. The molecule has 0 aliphatic rings. The molecule has 0 radical (unpaired) electrons. The summed E-state index contributed by atoms with van der Waals surface area (Å²) < 4.78 is 13.6. The summed E-state index contributed by atoms with van der Waals surface area (Å²) >= 11 is 0. The molecule has 2 aromatic rings. The van der Waals surface area contributed by atoms with E-state index in [4.69, 9.17) is 6.42 Å². The van der Waals surface area contributed by atoms with Crippen LogP contribution in [0.3, 0.4) is 0 Å². The molecule has 3 nitrogen and oxygen atoms in total. The molecule has 0 aliphatic carbocycles. The van der Waals surface area contributed by atoms with Gasteiger partial charge in [-0.25, -0.2) is 4.39 Å². The van der Waals surface area contributed by atoms with E-state index in [2.05, 4.69) is 10.9 Å². The second-order valence-corrected chi connectivity index (χ2v) is 4.46. The van der Waals surface area contributed by atoms with E-state index in [0.717, 1.165) is 17.5 Å². The smallest absolute Gasteiger partial charge is 0.178 e. The fourth-order valence-corrected chi connectivity index (χ4v) is 2.02. The van der Waals surface area contributed by atoms with Crippen LogP contribution in [0, 0.1) is 18.2 Å². The Bertz CT molecular complexity index is 643. The number of hydrogen-bond donors (Lipinski definition) is 1. The van der Waals surface area contributed by atoms with Crippen molar-refractivity contribution in [2.24, 2.45) is 0 Å². The molecule has 6 heteroatoms. The highest BCUT2D eigenvalue weighted by atomic mass is 35.5. The summed E-state index contributed by atoms with van der Waals surface area (Å²) in [6.07, 6.45) is 7.43. The third-order valence-corrected chi connectivity index (χ3v) is 3.03. The first kappa shape index (κ1) is 19.5. The number of nitrogens with zero attached hydrogens (tertiary/aromatic N) is 2. The van der Waals surface area contributed by atoms with Crippen LogP contribution in [0.1, 0.15) is 5.56 Å². The molecule has 1 aromatic heterocycles. The summed E-state index contributed by atoms with van der Waals surface area (Å²) in [5.74, 6) is 1.53. The van der Waals surface area contributed by atoms with Gasteiger partial charge in [-0.2, -0.15) is 0 Å². The van der Waals surface area contributed by atoms with Gasteiger partial charge in [0.2, 0.25) is 0 Å². The van der Waals surface area contributed by atoms with Crippen LogP contribution in [-0.4, -0.2) is 35.1 Å². The number of halogens is 3. The number of phenols is 1. The predicted molar refractivity (Wildman–Crippen MR) is 87.9 cm³/mol. The van der Waals surface area contributed by atoms with Crippen molar-refractivity contribution >= 4 is 35.7 Å². The molecule has 1 aromatic carbocycles. The van der Waals surface area contributed by atoms with E-state index in [0.29, 0.717) is 18.5 Å². The minimum Gasteiger partial charge on any atom is -0.503 e. The molecule has 0 spiro atoms. The minimum absolute atomic E-state index is 0. The quantitative estimate of drug-likeness (QED) is 0.875.